The summed E-state index contributed by atoms with van der Waals surface area (Å²) in [5.41, 5.74) is 2.82. The normalized spacial score (nSPS) is 10.8. The van der Waals surface area contributed by atoms with Crippen LogP contribution >= 0.6 is 23.1 Å². The first-order chi connectivity index (χ1) is 17.4. The number of hydrogen-bond acceptors (Lipinski definition) is 8. The van der Waals surface area contributed by atoms with Crippen LogP contribution in [0.25, 0.3) is 5.69 Å². The SMILES string of the molecule is CCOc1cn(-c2ccc(F)cc2)nc1C(=O)Nc1nnc(SCC(=O)NCc2ccc(C)cc2)s1. The first-order valence-electron chi connectivity index (χ1n) is 11.0. The molecular weight excluding hydrogens is 503 g/mol. The lowest BCUT2D eigenvalue weighted by atomic mass is 10.1. The first kappa shape index (κ1) is 25.3. The summed E-state index contributed by atoms with van der Waals surface area (Å²) >= 11 is 2.38. The van der Waals surface area contributed by atoms with E-state index >= 15 is 0 Å². The maximum absolute atomic E-state index is 13.2. The van der Waals surface area contributed by atoms with Gasteiger partial charge in [-0.1, -0.05) is 52.9 Å². The predicted molar refractivity (Wildman–Crippen MR) is 136 cm³/mol. The summed E-state index contributed by atoms with van der Waals surface area (Å²) in [6.45, 7) is 4.59. The highest BCUT2D eigenvalue weighted by molar-refractivity contribution is 8.01. The maximum atomic E-state index is 13.2. The van der Waals surface area contributed by atoms with Crippen molar-refractivity contribution in [1.29, 1.82) is 0 Å². The number of anilines is 1. The van der Waals surface area contributed by atoms with Gasteiger partial charge >= 0.3 is 0 Å². The third-order valence-corrected chi connectivity index (χ3v) is 6.82. The van der Waals surface area contributed by atoms with Gasteiger partial charge in [0.15, 0.2) is 15.8 Å². The van der Waals surface area contributed by atoms with E-state index in [4.69, 9.17) is 4.74 Å². The molecule has 2 amide bonds. The molecule has 0 radical (unpaired) electrons. The van der Waals surface area contributed by atoms with Crippen LogP contribution in [0.4, 0.5) is 9.52 Å². The minimum atomic E-state index is -0.525. The number of benzene rings is 2. The second-order valence-electron chi connectivity index (χ2n) is 7.57. The number of halogens is 1. The van der Waals surface area contributed by atoms with Crippen LogP contribution in [0.1, 0.15) is 28.5 Å². The number of ether oxygens (including phenoxy) is 1. The molecule has 0 atom stereocenters. The van der Waals surface area contributed by atoms with Crippen LogP contribution in [0.15, 0.2) is 59.1 Å². The van der Waals surface area contributed by atoms with Crippen LogP contribution in [0.5, 0.6) is 5.75 Å². The van der Waals surface area contributed by atoms with E-state index in [9.17, 15) is 14.0 Å². The van der Waals surface area contributed by atoms with Crippen molar-refractivity contribution in [2.75, 3.05) is 17.7 Å². The fourth-order valence-electron chi connectivity index (χ4n) is 3.06. The van der Waals surface area contributed by atoms with E-state index in [0.29, 0.717) is 23.2 Å². The quantitative estimate of drug-likeness (QED) is 0.235. The number of thioether (sulfide) groups is 1. The molecule has 0 unspecified atom stereocenters. The molecule has 0 fully saturated rings. The highest BCUT2D eigenvalue weighted by atomic mass is 32.2. The number of nitrogens with one attached hydrogen (secondary N) is 2. The monoisotopic (exact) mass is 526 g/mol. The van der Waals surface area contributed by atoms with Gasteiger partial charge < -0.3 is 10.1 Å². The molecule has 12 heteroatoms. The predicted octanol–water partition coefficient (Wildman–Crippen LogP) is 4.23. The molecule has 0 saturated carbocycles. The number of carbonyl (C=O) groups excluding carboxylic acids is 2. The lowest BCUT2D eigenvalue weighted by molar-refractivity contribution is -0.118. The Labute approximate surface area is 215 Å². The minimum Gasteiger partial charge on any atom is -0.490 e. The van der Waals surface area contributed by atoms with Gasteiger partial charge in [-0.3, -0.25) is 14.9 Å². The molecule has 2 aromatic heterocycles. The van der Waals surface area contributed by atoms with Crippen molar-refractivity contribution in [1.82, 2.24) is 25.3 Å². The molecule has 4 rings (SSSR count). The van der Waals surface area contributed by atoms with E-state index in [-0.39, 0.29) is 34.1 Å². The van der Waals surface area contributed by atoms with Gasteiger partial charge in [0.1, 0.15) is 5.82 Å². The number of carbonyl (C=O) groups is 2. The van der Waals surface area contributed by atoms with Crippen molar-refractivity contribution in [3.05, 3.63) is 77.4 Å². The molecule has 186 valence electrons. The molecule has 0 aliphatic carbocycles. The van der Waals surface area contributed by atoms with Crippen molar-refractivity contribution in [2.45, 2.75) is 24.7 Å². The summed E-state index contributed by atoms with van der Waals surface area (Å²) < 4.78 is 20.8. The largest absolute Gasteiger partial charge is 0.490 e. The lowest BCUT2D eigenvalue weighted by Crippen LogP contribution is -2.24. The average Bonchev–Trinajstić information content (AvgIpc) is 3.50. The molecule has 9 nitrogen and oxygen atoms in total. The van der Waals surface area contributed by atoms with Gasteiger partial charge in [0, 0.05) is 6.54 Å². The topological polar surface area (TPSA) is 111 Å². The fourth-order valence-corrected chi connectivity index (χ4v) is 4.64. The highest BCUT2D eigenvalue weighted by Crippen LogP contribution is 2.27. The van der Waals surface area contributed by atoms with Crippen LogP contribution in [0.2, 0.25) is 0 Å². The molecule has 0 bridgehead atoms. The Morgan fingerprint density at radius 3 is 2.58 bits per heavy atom. The first-order valence-corrected chi connectivity index (χ1v) is 12.8. The van der Waals surface area contributed by atoms with Crippen LogP contribution < -0.4 is 15.4 Å². The molecule has 0 spiro atoms. The standard InChI is InChI=1S/C24H23FN6O3S2/c1-3-34-19-13-31(18-10-8-17(25)9-11-18)30-21(19)22(33)27-23-28-29-24(36-23)35-14-20(32)26-12-16-6-4-15(2)5-7-16/h4-11,13H,3,12,14H2,1-2H3,(H,26,32)(H,27,28,33). The Morgan fingerprint density at radius 1 is 1.11 bits per heavy atom. The zero-order valence-corrected chi connectivity index (χ0v) is 21.2. The molecule has 36 heavy (non-hydrogen) atoms. The second kappa shape index (κ2) is 11.8. The van der Waals surface area contributed by atoms with E-state index in [1.807, 2.05) is 31.2 Å². The van der Waals surface area contributed by atoms with Crippen molar-refractivity contribution in [2.24, 2.45) is 0 Å². The van der Waals surface area contributed by atoms with E-state index in [0.717, 1.165) is 22.5 Å². The molecule has 2 aromatic carbocycles. The Bertz CT molecular complexity index is 1340. The Hall–Kier alpha value is -3.77. The third-order valence-electron chi connectivity index (χ3n) is 4.85. The zero-order chi connectivity index (χ0) is 25.5. The number of rotatable bonds is 10. The summed E-state index contributed by atoms with van der Waals surface area (Å²) in [6, 6.07) is 13.6. The van der Waals surface area contributed by atoms with Crippen LogP contribution in [-0.4, -0.2) is 44.2 Å². The minimum absolute atomic E-state index is 0.0565. The molecule has 4 aromatic rings. The summed E-state index contributed by atoms with van der Waals surface area (Å²) in [5, 5.41) is 18.1. The lowest BCUT2D eigenvalue weighted by Gasteiger charge is -2.04. The fraction of sp³-hybridized carbons (Fsp3) is 0.208. The number of aromatic nitrogens is 4. The summed E-state index contributed by atoms with van der Waals surface area (Å²) in [6.07, 6.45) is 1.56. The van der Waals surface area contributed by atoms with Gasteiger partial charge in [0.25, 0.3) is 5.91 Å². The smallest absolute Gasteiger partial charge is 0.281 e. The van der Waals surface area contributed by atoms with E-state index < -0.39 is 5.91 Å². The molecular formula is C24H23FN6O3S2. The van der Waals surface area contributed by atoms with Gasteiger partial charge in [0.2, 0.25) is 11.0 Å². The van der Waals surface area contributed by atoms with Crippen LogP contribution in [0.3, 0.4) is 0 Å². The molecule has 2 heterocycles. The Balaban J connectivity index is 1.33. The van der Waals surface area contributed by atoms with Gasteiger partial charge in [0.05, 0.1) is 24.2 Å². The number of hydrogen-bond donors (Lipinski definition) is 2. The second-order valence-corrected chi connectivity index (χ2v) is 9.77. The average molecular weight is 527 g/mol. The van der Waals surface area contributed by atoms with Crippen LogP contribution in [-0.2, 0) is 11.3 Å². The van der Waals surface area contributed by atoms with Gasteiger partial charge in [-0.25, -0.2) is 9.07 Å². The Kier molecular flexibility index (Phi) is 8.28. The van der Waals surface area contributed by atoms with Crippen molar-refractivity contribution >= 4 is 40.0 Å². The maximum Gasteiger partial charge on any atom is 0.281 e. The molecule has 2 N–H and O–H groups in total. The van der Waals surface area contributed by atoms with Crippen molar-refractivity contribution in [3.63, 3.8) is 0 Å². The zero-order valence-electron chi connectivity index (χ0n) is 19.5. The van der Waals surface area contributed by atoms with Gasteiger partial charge in [-0.05, 0) is 43.7 Å². The summed E-state index contributed by atoms with van der Waals surface area (Å²) in [7, 11) is 0. The van der Waals surface area contributed by atoms with Crippen molar-refractivity contribution < 1.29 is 18.7 Å². The van der Waals surface area contributed by atoms with Gasteiger partial charge in [-0.15, -0.1) is 10.2 Å². The van der Waals surface area contributed by atoms with E-state index in [1.54, 1.807) is 25.3 Å². The highest BCUT2D eigenvalue weighted by Gasteiger charge is 2.21. The molecule has 0 aliphatic rings. The Morgan fingerprint density at radius 2 is 1.86 bits per heavy atom. The van der Waals surface area contributed by atoms with E-state index in [2.05, 4.69) is 25.9 Å². The molecule has 0 aliphatic heterocycles. The number of nitrogens with zero attached hydrogens (tertiary/aromatic N) is 4. The van der Waals surface area contributed by atoms with Gasteiger partial charge in [-0.2, -0.15) is 5.10 Å². The van der Waals surface area contributed by atoms with Crippen molar-refractivity contribution in [3.8, 4) is 11.4 Å². The van der Waals surface area contributed by atoms with Crippen LogP contribution in [0, 0.1) is 12.7 Å². The molecule has 0 saturated heterocycles. The number of aryl methyl sites for hydroxylation is 1. The summed E-state index contributed by atoms with van der Waals surface area (Å²) in [5.74, 6) is -0.575. The third kappa shape index (κ3) is 6.67. The number of amides is 2. The summed E-state index contributed by atoms with van der Waals surface area (Å²) in [4.78, 5) is 25.0. The van der Waals surface area contributed by atoms with E-state index in [1.165, 1.54) is 28.6 Å².